The van der Waals surface area contributed by atoms with E-state index in [1.807, 2.05) is 0 Å². The summed E-state index contributed by atoms with van der Waals surface area (Å²) in [7, 11) is 0. The van der Waals surface area contributed by atoms with Crippen molar-refractivity contribution >= 4 is 29.1 Å². The summed E-state index contributed by atoms with van der Waals surface area (Å²) in [6, 6.07) is 5.92. The molecule has 0 amide bonds. The van der Waals surface area contributed by atoms with Crippen molar-refractivity contribution in [3.8, 4) is 11.5 Å². The second-order valence-electron chi connectivity index (χ2n) is 2.94. The number of ether oxygens (including phenoxy) is 1. The molecule has 0 unspecified atom stereocenters. The number of rotatable bonds is 3. The molecule has 87 valence electrons. The van der Waals surface area contributed by atoms with Crippen LogP contribution in [0.1, 0.15) is 0 Å². The molecule has 0 saturated heterocycles. The Balaban J connectivity index is 2.35. The van der Waals surface area contributed by atoms with Gasteiger partial charge in [0.25, 0.3) is 0 Å². The maximum atomic E-state index is 10.6. The van der Waals surface area contributed by atoms with Crippen LogP contribution in [0.2, 0.25) is 10.0 Å². The first-order valence-corrected chi connectivity index (χ1v) is 5.11. The molecule has 0 atom stereocenters. The lowest BCUT2D eigenvalue weighted by Gasteiger charge is -2.05. The molecule has 0 aliphatic rings. The van der Waals surface area contributed by atoms with Crippen molar-refractivity contribution < 1.29 is 14.1 Å². The fourth-order valence-electron chi connectivity index (χ4n) is 1.13. The van der Waals surface area contributed by atoms with E-state index >= 15 is 0 Å². The van der Waals surface area contributed by atoms with E-state index in [-0.39, 0.29) is 16.5 Å². The largest absolute Gasteiger partial charge is 0.476 e. The lowest BCUT2D eigenvalue weighted by Crippen LogP contribution is -1.90. The minimum Gasteiger partial charge on any atom is -0.445 e. The van der Waals surface area contributed by atoms with Crippen molar-refractivity contribution in [2.75, 3.05) is 0 Å². The van der Waals surface area contributed by atoms with Gasteiger partial charge in [0.1, 0.15) is 15.7 Å². The van der Waals surface area contributed by atoms with E-state index in [1.54, 1.807) is 12.1 Å². The van der Waals surface area contributed by atoms with Gasteiger partial charge in [-0.15, -0.1) is 0 Å². The van der Waals surface area contributed by atoms with E-state index in [9.17, 15) is 10.1 Å². The summed E-state index contributed by atoms with van der Waals surface area (Å²) in [6.07, 6.45) is 2.22. The van der Waals surface area contributed by atoms with Crippen molar-refractivity contribution in [2.45, 2.75) is 0 Å². The highest BCUT2D eigenvalue weighted by Crippen LogP contribution is 2.38. The van der Waals surface area contributed by atoms with E-state index in [2.05, 4.69) is 10.7 Å². The van der Waals surface area contributed by atoms with Gasteiger partial charge in [-0.3, -0.25) is 10.1 Å². The van der Waals surface area contributed by atoms with Gasteiger partial charge >= 0.3 is 5.88 Å². The fourth-order valence-corrected chi connectivity index (χ4v) is 1.46. The molecule has 0 fully saturated rings. The predicted molar refractivity (Wildman–Crippen MR) is 60.7 cm³/mol. The van der Waals surface area contributed by atoms with Crippen LogP contribution in [0, 0.1) is 16.4 Å². The Labute approximate surface area is 106 Å². The summed E-state index contributed by atoms with van der Waals surface area (Å²) in [5.74, 6) is -0.419. The lowest BCUT2D eigenvalue weighted by molar-refractivity contribution is -0.403. The van der Waals surface area contributed by atoms with E-state index in [4.69, 9.17) is 27.9 Å². The predicted octanol–water partition coefficient (Wildman–Crippen LogP) is 4.09. The third-order valence-electron chi connectivity index (χ3n) is 1.86. The quantitative estimate of drug-likeness (QED) is 0.624. The number of nitrogens with zero attached hydrogens (tertiary/aromatic N) is 1. The number of halogens is 2. The number of benzene rings is 1. The third kappa shape index (κ3) is 2.35. The Morgan fingerprint density at radius 2 is 2.12 bits per heavy atom. The summed E-state index contributed by atoms with van der Waals surface area (Å²) in [5.41, 5.74) is 0. The van der Waals surface area contributed by atoms with Crippen LogP contribution in [-0.4, -0.2) is 4.92 Å². The van der Waals surface area contributed by atoms with E-state index in [1.165, 1.54) is 12.1 Å². The Morgan fingerprint density at radius 1 is 1.35 bits per heavy atom. The molecule has 0 saturated carbocycles. The van der Waals surface area contributed by atoms with Crippen molar-refractivity contribution in [1.82, 2.24) is 0 Å². The highest BCUT2D eigenvalue weighted by molar-refractivity contribution is 6.42. The number of hydrogen-bond donors (Lipinski definition) is 0. The Kier molecular flexibility index (Phi) is 3.21. The van der Waals surface area contributed by atoms with Gasteiger partial charge < -0.3 is 9.15 Å². The van der Waals surface area contributed by atoms with Crippen LogP contribution in [-0.2, 0) is 0 Å². The Morgan fingerprint density at radius 3 is 2.82 bits per heavy atom. The summed E-state index contributed by atoms with van der Waals surface area (Å²) >= 11 is 11.7. The van der Waals surface area contributed by atoms with Gasteiger partial charge in [0.2, 0.25) is 5.75 Å². The average molecular weight is 273 g/mol. The molecular weight excluding hydrogens is 269 g/mol. The molecule has 1 radical (unpaired) electrons. The molecule has 0 bridgehead atoms. The third-order valence-corrected chi connectivity index (χ3v) is 2.66. The Hall–Kier alpha value is -1.72. The standard InChI is InChI=1S/C10H4Cl2NO4/c11-6-2-1-3-7(9(6)12)17-8-4-5-16-10(8)13(14)15/h1-4H. The second-order valence-corrected chi connectivity index (χ2v) is 3.73. The van der Waals surface area contributed by atoms with Crippen LogP contribution >= 0.6 is 23.2 Å². The van der Waals surface area contributed by atoms with E-state index < -0.39 is 10.8 Å². The van der Waals surface area contributed by atoms with E-state index in [0.717, 1.165) is 0 Å². The Bertz CT molecular complexity index is 567. The zero-order valence-corrected chi connectivity index (χ0v) is 9.66. The molecule has 0 spiro atoms. The smallest absolute Gasteiger partial charge is 0.445 e. The topological polar surface area (TPSA) is 65.5 Å². The SMILES string of the molecule is O=[N+]([O-])c1o[c]cc1Oc1cccc(Cl)c1Cl. The molecule has 1 heterocycles. The maximum absolute atomic E-state index is 10.6. The molecule has 0 aliphatic heterocycles. The van der Waals surface area contributed by atoms with Gasteiger partial charge in [-0.2, -0.15) is 0 Å². The maximum Gasteiger partial charge on any atom is 0.476 e. The first-order chi connectivity index (χ1) is 8.09. The van der Waals surface area contributed by atoms with Crippen LogP contribution in [0.5, 0.6) is 11.5 Å². The van der Waals surface area contributed by atoms with Crippen LogP contribution in [0.25, 0.3) is 0 Å². The van der Waals surface area contributed by atoms with Gasteiger partial charge in [-0.1, -0.05) is 29.3 Å². The summed E-state index contributed by atoms with van der Waals surface area (Å²) in [6.45, 7) is 0. The molecule has 1 aromatic carbocycles. The van der Waals surface area contributed by atoms with Crippen LogP contribution in [0.3, 0.4) is 0 Å². The molecule has 0 aliphatic carbocycles. The van der Waals surface area contributed by atoms with Crippen molar-refractivity contribution in [2.24, 2.45) is 0 Å². The minimum atomic E-state index is -0.718. The summed E-state index contributed by atoms with van der Waals surface area (Å²) in [4.78, 5) is 9.86. The number of furan rings is 1. The number of hydrogen-bond acceptors (Lipinski definition) is 4. The van der Waals surface area contributed by atoms with Gasteiger partial charge in [-0.05, 0) is 12.1 Å². The van der Waals surface area contributed by atoms with Crippen LogP contribution in [0.4, 0.5) is 5.88 Å². The molecule has 2 aromatic rings. The molecule has 5 nitrogen and oxygen atoms in total. The van der Waals surface area contributed by atoms with Gasteiger partial charge in [-0.25, -0.2) is 0 Å². The summed E-state index contributed by atoms with van der Waals surface area (Å²) in [5, 5.41) is 11.0. The van der Waals surface area contributed by atoms with Crippen molar-refractivity contribution in [1.29, 1.82) is 0 Å². The fraction of sp³-hybridized carbons (Fsp3) is 0. The van der Waals surface area contributed by atoms with Gasteiger partial charge in [0.15, 0.2) is 6.26 Å². The molecule has 17 heavy (non-hydrogen) atoms. The normalized spacial score (nSPS) is 10.2. The summed E-state index contributed by atoms with van der Waals surface area (Å²) < 4.78 is 9.78. The average Bonchev–Trinajstić information content (AvgIpc) is 2.73. The minimum absolute atomic E-state index is 0.0841. The first kappa shape index (κ1) is 11.8. The zero-order chi connectivity index (χ0) is 12.4. The highest BCUT2D eigenvalue weighted by Gasteiger charge is 2.21. The molecule has 7 heteroatoms. The molecule has 0 N–H and O–H groups in total. The molecule has 2 rings (SSSR count). The van der Waals surface area contributed by atoms with Crippen LogP contribution in [0.15, 0.2) is 28.7 Å². The zero-order valence-electron chi connectivity index (χ0n) is 8.15. The van der Waals surface area contributed by atoms with Crippen molar-refractivity contribution in [3.05, 3.63) is 50.7 Å². The van der Waals surface area contributed by atoms with Crippen molar-refractivity contribution in [3.63, 3.8) is 0 Å². The van der Waals surface area contributed by atoms with Crippen LogP contribution < -0.4 is 4.74 Å². The molecule has 1 aromatic heterocycles. The van der Waals surface area contributed by atoms with E-state index in [0.29, 0.717) is 5.02 Å². The molecular formula is C10H4Cl2NO4. The van der Waals surface area contributed by atoms with Gasteiger partial charge in [0, 0.05) is 6.07 Å². The van der Waals surface area contributed by atoms with Gasteiger partial charge in [0.05, 0.1) is 5.02 Å². The lowest BCUT2D eigenvalue weighted by atomic mass is 10.3. The number of nitro groups is 1. The second kappa shape index (κ2) is 4.65. The first-order valence-electron chi connectivity index (χ1n) is 4.35. The highest BCUT2D eigenvalue weighted by atomic mass is 35.5. The monoisotopic (exact) mass is 272 g/mol.